The van der Waals surface area contributed by atoms with Gasteiger partial charge in [0.2, 0.25) is 5.95 Å². The molecule has 1 aromatic heterocycles. The molecule has 0 atom stereocenters. The maximum Gasteiger partial charge on any atom is 0.349 e. The molecule has 7 heteroatoms. The fraction of sp³-hybridized carbons (Fsp3) is 0.692. The summed E-state index contributed by atoms with van der Waals surface area (Å²) >= 11 is 0. The third-order valence-electron chi connectivity index (χ3n) is 3.72. The number of aromatic nitrogens is 2. The summed E-state index contributed by atoms with van der Waals surface area (Å²) in [6.45, 7) is 4.46. The molecule has 1 aliphatic rings. The van der Waals surface area contributed by atoms with Crippen LogP contribution in [0.25, 0.3) is 0 Å². The Hall–Kier alpha value is -1.92. The van der Waals surface area contributed by atoms with E-state index in [2.05, 4.69) is 29.1 Å². The number of hydrogen-bond donors (Lipinski definition) is 1. The van der Waals surface area contributed by atoms with Crippen molar-refractivity contribution in [2.45, 2.75) is 45.6 Å². The van der Waals surface area contributed by atoms with Gasteiger partial charge in [0, 0.05) is 7.05 Å². The van der Waals surface area contributed by atoms with Gasteiger partial charge in [0.1, 0.15) is 12.3 Å². The quantitative estimate of drug-likeness (QED) is 0.673. The standard InChI is InChI=1S/C13H20N4O3/c1-13(2)6-4-9(5-7-13)20-11-10(17(18)19)8-15-12(14-3)16-11/h8-9H,4-7H2,1-3H3,(H,14,15,16). The number of rotatable bonds is 4. The van der Waals surface area contributed by atoms with Gasteiger partial charge in [-0.25, -0.2) is 4.98 Å². The molecule has 110 valence electrons. The van der Waals surface area contributed by atoms with Gasteiger partial charge in [0.25, 0.3) is 5.88 Å². The molecule has 0 saturated heterocycles. The third-order valence-corrected chi connectivity index (χ3v) is 3.72. The summed E-state index contributed by atoms with van der Waals surface area (Å²) in [6.07, 6.45) is 5.05. The second kappa shape index (κ2) is 5.60. The van der Waals surface area contributed by atoms with Crippen LogP contribution >= 0.6 is 0 Å². The highest BCUT2D eigenvalue weighted by Crippen LogP contribution is 2.37. The fourth-order valence-electron chi connectivity index (χ4n) is 2.34. The van der Waals surface area contributed by atoms with Crippen molar-refractivity contribution in [2.24, 2.45) is 5.41 Å². The van der Waals surface area contributed by atoms with Crippen LogP contribution in [0.15, 0.2) is 6.20 Å². The molecule has 20 heavy (non-hydrogen) atoms. The van der Waals surface area contributed by atoms with Crippen molar-refractivity contribution in [3.63, 3.8) is 0 Å². The molecule has 0 bridgehead atoms. The summed E-state index contributed by atoms with van der Waals surface area (Å²) in [5.74, 6) is 0.376. The highest BCUT2D eigenvalue weighted by molar-refractivity contribution is 5.43. The van der Waals surface area contributed by atoms with Gasteiger partial charge < -0.3 is 10.1 Å². The molecule has 0 aromatic carbocycles. The summed E-state index contributed by atoms with van der Waals surface area (Å²) in [5, 5.41) is 13.8. The lowest BCUT2D eigenvalue weighted by Crippen LogP contribution is -2.28. The minimum atomic E-state index is -0.512. The maximum absolute atomic E-state index is 11.0. The zero-order valence-electron chi connectivity index (χ0n) is 12.0. The van der Waals surface area contributed by atoms with E-state index >= 15 is 0 Å². The molecule has 0 unspecified atom stereocenters. The summed E-state index contributed by atoms with van der Waals surface area (Å²) in [6, 6.07) is 0. The van der Waals surface area contributed by atoms with E-state index in [1.165, 1.54) is 6.20 Å². The van der Waals surface area contributed by atoms with E-state index in [0.717, 1.165) is 25.7 Å². The Morgan fingerprint density at radius 2 is 2.10 bits per heavy atom. The van der Waals surface area contributed by atoms with Crippen LogP contribution in [-0.4, -0.2) is 28.0 Å². The first kappa shape index (κ1) is 14.5. The summed E-state index contributed by atoms with van der Waals surface area (Å²) in [7, 11) is 1.66. The predicted molar refractivity (Wildman–Crippen MR) is 74.9 cm³/mol. The molecule has 1 aliphatic carbocycles. The van der Waals surface area contributed by atoms with E-state index < -0.39 is 4.92 Å². The molecule has 1 N–H and O–H groups in total. The molecule has 0 spiro atoms. The van der Waals surface area contributed by atoms with Gasteiger partial charge in [-0.1, -0.05) is 13.8 Å². The first-order valence-corrected chi connectivity index (χ1v) is 6.77. The monoisotopic (exact) mass is 280 g/mol. The van der Waals surface area contributed by atoms with Crippen LogP contribution in [0.4, 0.5) is 11.6 Å². The van der Waals surface area contributed by atoms with Crippen molar-refractivity contribution in [2.75, 3.05) is 12.4 Å². The molecule has 0 amide bonds. The van der Waals surface area contributed by atoms with Gasteiger partial charge in [0.05, 0.1) is 4.92 Å². The Kier molecular flexibility index (Phi) is 4.06. The highest BCUT2D eigenvalue weighted by atomic mass is 16.6. The van der Waals surface area contributed by atoms with E-state index in [0.29, 0.717) is 11.4 Å². The van der Waals surface area contributed by atoms with Crippen molar-refractivity contribution >= 4 is 11.6 Å². The Morgan fingerprint density at radius 3 is 2.65 bits per heavy atom. The number of nitrogens with zero attached hydrogens (tertiary/aromatic N) is 3. The molecule has 0 aliphatic heterocycles. The largest absolute Gasteiger partial charge is 0.469 e. The predicted octanol–water partition coefficient (Wildman–Crippen LogP) is 2.77. The third kappa shape index (κ3) is 3.34. The van der Waals surface area contributed by atoms with Crippen molar-refractivity contribution in [3.05, 3.63) is 16.3 Å². The number of nitrogens with one attached hydrogen (secondary N) is 1. The Balaban J connectivity index is 2.14. The smallest absolute Gasteiger partial charge is 0.349 e. The SMILES string of the molecule is CNc1ncc([N+](=O)[O-])c(OC2CCC(C)(C)CC2)n1. The molecule has 7 nitrogen and oxygen atoms in total. The fourth-order valence-corrected chi connectivity index (χ4v) is 2.34. The van der Waals surface area contributed by atoms with Gasteiger partial charge in [-0.2, -0.15) is 4.98 Å². The summed E-state index contributed by atoms with van der Waals surface area (Å²) < 4.78 is 5.75. The number of hydrogen-bond acceptors (Lipinski definition) is 6. The number of nitro groups is 1. The zero-order valence-corrected chi connectivity index (χ0v) is 12.0. The van der Waals surface area contributed by atoms with E-state index in [9.17, 15) is 10.1 Å². The van der Waals surface area contributed by atoms with Crippen LogP contribution in [-0.2, 0) is 0 Å². The Morgan fingerprint density at radius 1 is 1.45 bits per heavy atom. The minimum Gasteiger partial charge on any atom is -0.469 e. The van der Waals surface area contributed by atoms with Crippen LogP contribution in [0.2, 0.25) is 0 Å². The van der Waals surface area contributed by atoms with Gasteiger partial charge in [-0.15, -0.1) is 0 Å². The van der Waals surface area contributed by atoms with Crippen molar-refractivity contribution in [1.29, 1.82) is 0 Å². The first-order chi connectivity index (χ1) is 9.41. The van der Waals surface area contributed by atoms with Crippen LogP contribution in [0.5, 0.6) is 5.88 Å². The first-order valence-electron chi connectivity index (χ1n) is 6.77. The van der Waals surface area contributed by atoms with Gasteiger partial charge in [-0.3, -0.25) is 10.1 Å². The van der Waals surface area contributed by atoms with Gasteiger partial charge in [-0.05, 0) is 31.1 Å². The molecule has 0 radical (unpaired) electrons. The Bertz CT molecular complexity index is 494. The van der Waals surface area contributed by atoms with Gasteiger partial charge in [0.15, 0.2) is 0 Å². The lowest BCUT2D eigenvalue weighted by molar-refractivity contribution is -0.386. The van der Waals surface area contributed by atoms with E-state index in [4.69, 9.17) is 4.74 Å². The lowest BCUT2D eigenvalue weighted by atomic mass is 9.76. The van der Waals surface area contributed by atoms with E-state index in [-0.39, 0.29) is 17.7 Å². The zero-order chi connectivity index (χ0) is 14.8. The number of ether oxygens (including phenoxy) is 1. The molecular weight excluding hydrogens is 260 g/mol. The average Bonchev–Trinajstić information content (AvgIpc) is 2.40. The van der Waals surface area contributed by atoms with Crippen molar-refractivity contribution in [3.8, 4) is 5.88 Å². The minimum absolute atomic E-state index is 0.0127. The van der Waals surface area contributed by atoms with Gasteiger partial charge >= 0.3 is 5.69 Å². The maximum atomic E-state index is 11.0. The van der Waals surface area contributed by atoms with E-state index in [1.807, 2.05) is 0 Å². The Labute approximate surface area is 117 Å². The highest BCUT2D eigenvalue weighted by Gasteiger charge is 2.30. The molecule has 1 aromatic rings. The van der Waals surface area contributed by atoms with Crippen molar-refractivity contribution in [1.82, 2.24) is 9.97 Å². The van der Waals surface area contributed by atoms with Crippen LogP contribution in [0, 0.1) is 15.5 Å². The normalized spacial score (nSPS) is 18.6. The molecule has 2 rings (SSSR count). The summed E-state index contributed by atoms with van der Waals surface area (Å²) in [5.41, 5.74) is 0.141. The lowest BCUT2D eigenvalue weighted by Gasteiger charge is -2.33. The second-order valence-electron chi connectivity index (χ2n) is 5.87. The topological polar surface area (TPSA) is 90.2 Å². The van der Waals surface area contributed by atoms with Crippen molar-refractivity contribution < 1.29 is 9.66 Å². The number of anilines is 1. The molecule has 1 heterocycles. The molecule has 1 fully saturated rings. The van der Waals surface area contributed by atoms with Crippen LogP contribution < -0.4 is 10.1 Å². The molecular formula is C13H20N4O3. The van der Waals surface area contributed by atoms with Crippen LogP contribution in [0.1, 0.15) is 39.5 Å². The summed E-state index contributed by atoms with van der Waals surface area (Å²) in [4.78, 5) is 18.4. The van der Waals surface area contributed by atoms with Crippen LogP contribution in [0.3, 0.4) is 0 Å². The average molecular weight is 280 g/mol. The van der Waals surface area contributed by atoms with E-state index in [1.54, 1.807) is 7.05 Å². The molecule has 1 saturated carbocycles. The second-order valence-corrected chi connectivity index (χ2v) is 5.87.